The van der Waals surface area contributed by atoms with Gasteiger partial charge in [-0.15, -0.1) is 11.3 Å². The molecular weight excluding hydrogens is 438 g/mol. The summed E-state index contributed by atoms with van der Waals surface area (Å²) < 4.78 is 11.3. The lowest BCUT2D eigenvalue weighted by Gasteiger charge is -2.16. The largest absolute Gasteiger partial charge is 0.490 e. The SMILES string of the molecule is CCOc1ccc(NC2=C(c3cccs3)C(=O)N(c3ccc(C#N)cc3)C2=O)cc1OCC. The topological polar surface area (TPSA) is 91.7 Å². The van der Waals surface area contributed by atoms with Gasteiger partial charge in [0.2, 0.25) is 0 Å². The molecule has 1 aliphatic rings. The van der Waals surface area contributed by atoms with Crippen LogP contribution in [0.15, 0.2) is 65.7 Å². The van der Waals surface area contributed by atoms with Gasteiger partial charge in [0.15, 0.2) is 11.5 Å². The van der Waals surface area contributed by atoms with Gasteiger partial charge in [0, 0.05) is 16.6 Å². The number of anilines is 2. The van der Waals surface area contributed by atoms with E-state index in [4.69, 9.17) is 14.7 Å². The molecule has 2 aromatic carbocycles. The maximum Gasteiger partial charge on any atom is 0.282 e. The Morgan fingerprint density at radius 3 is 2.33 bits per heavy atom. The van der Waals surface area contributed by atoms with E-state index >= 15 is 0 Å². The van der Waals surface area contributed by atoms with Crippen LogP contribution in [-0.4, -0.2) is 25.0 Å². The Hall–Kier alpha value is -4.09. The molecule has 3 aromatic rings. The van der Waals surface area contributed by atoms with Crippen molar-refractivity contribution >= 4 is 40.1 Å². The monoisotopic (exact) mass is 459 g/mol. The summed E-state index contributed by atoms with van der Waals surface area (Å²) in [5.74, 6) is 0.249. The van der Waals surface area contributed by atoms with Crippen LogP contribution in [0.3, 0.4) is 0 Å². The van der Waals surface area contributed by atoms with Crippen molar-refractivity contribution in [1.29, 1.82) is 5.26 Å². The fourth-order valence-corrected chi connectivity index (χ4v) is 4.26. The van der Waals surface area contributed by atoms with E-state index in [-0.39, 0.29) is 5.70 Å². The molecule has 0 saturated heterocycles. The van der Waals surface area contributed by atoms with Crippen molar-refractivity contribution in [2.75, 3.05) is 23.4 Å². The quantitative estimate of drug-likeness (QED) is 0.486. The van der Waals surface area contributed by atoms with Gasteiger partial charge in [0.05, 0.1) is 36.1 Å². The van der Waals surface area contributed by atoms with Crippen LogP contribution in [0.2, 0.25) is 0 Å². The molecule has 4 rings (SSSR count). The van der Waals surface area contributed by atoms with E-state index < -0.39 is 11.8 Å². The Kier molecular flexibility index (Phi) is 6.43. The van der Waals surface area contributed by atoms with Gasteiger partial charge in [-0.25, -0.2) is 4.90 Å². The minimum Gasteiger partial charge on any atom is -0.490 e. The van der Waals surface area contributed by atoms with Gasteiger partial charge in [0.25, 0.3) is 11.8 Å². The van der Waals surface area contributed by atoms with Gasteiger partial charge in [-0.3, -0.25) is 9.59 Å². The van der Waals surface area contributed by atoms with Crippen LogP contribution in [0.5, 0.6) is 11.5 Å². The van der Waals surface area contributed by atoms with E-state index in [0.717, 1.165) is 4.90 Å². The van der Waals surface area contributed by atoms with Crippen LogP contribution in [0.1, 0.15) is 24.3 Å². The number of rotatable bonds is 8. The number of hydrogen-bond donors (Lipinski definition) is 1. The third-order valence-corrected chi connectivity index (χ3v) is 5.81. The zero-order chi connectivity index (χ0) is 23.4. The second kappa shape index (κ2) is 9.59. The van der Waals surface area contributed by atoms with Crippen molar-refractivity contribution in [3.8, 4) is 17.6 Å². The average molecular weight is 460 g/mol. The molecule has 0 saturated carbocycles. The lowest BCUT2D eigenvalue weighted by Crippen LogP contribution is -2.32. The highest BCUT2D eigenvalue weighted by Gasteiger charge is 2.40. The minimum absolute atomic E-state index is 0.179. The fraction of sp³-hybridized carbons (Fsp3) is 0.160. The number of nitriles is 1. The van der Waals surface area contributed by atoms with Crippen molar-refractivity contribution in [3.63, 3.8) is 0 Å². The molecule has 1 N–H and O–H groups in total. The molecule has 33 heavy (non-hydrogen) atoms. The predicted octanol–water partition coefficient (Wildman–Crippen LogP) is 4.81. The van der Waals surface area contributed by atoms with Gasteiger partial charge >= 0.3 is 0 Å². The molecule has 2 amide bonds. The molecular formula is C25H21N3O4S. The van der Waals surface area contributed by atoms with Crippen LogP contribution >= 0.6 is 11.3 Å². The van der Waals surface area contributed by atoms with Crippen molar-refractivity contribution in [3.05, 3.63) is 76.1 Å². The van der Waals surface area contributed by atoms with E-state index in [0.29, 0.717) is 52.1 Å². The summed E-state index contributed by atoms with van der Waals surface area (Å²) in [4.78, 5) is 28.6. The second-order valence-corrected chi connectivity index (χ2v) is 7.93. The summed E-state index contributed by atoms with van der Waals surface area (Å²) in [5.41, 5.74) is 1.91. The number of benzene rings is 2. The summed E-state index contributed by atoms with van der Waals surface area (Å²) in [6, 6.07) is 17.3. The molecule has 0 atom stereocenters. The van der Waals surface area contributed by atoms with Crippen molar-refractivity contribution in [2.24, 2.45) is 0 Å². The predicted molar refractivity (Wildman–Crippen MR) is 127 cm³/mol. The number of carbonyl (C=O) groups excluding carboxylic acids is 2. The molecule has 1 aromatic heterocycles. The van der Waals surface area contributed by atoms with Gasteiger partial charge in [-0.1, -0.05) is 6.07 Å². The number of ether oxygens (including phenoxy) is 2. The summed E-state index contributed by atoms with van der Waals surface area (Å²) in [7, 11) is 0. The highest BCUT2D eigenvalue weighted by molar-refractivity contribution is 7.11. The Bertz CT molecular complexity index is 1260. The minimum atomic E-state index is -0.472. The lowest BCUT2D eigenvalue weighted by molar-refractivity contribution is -0.120. The van der Waals surface area contributed by atoms with Gasteiger partial charge in [-0.05, 0) is 61.7 Å². The molecule has 2 heterocycles. The molecule has 166 valence electrons. The highest BCUT2D eigenvalue weighted by Crippen LogP contribution is 2.37. The van der Waals surface area contributed by atoms with E-state index in [1.807, 2.05) is 31.4 Å². The standard InChI is InChI=1S/C25H21N3O4S/c1-3-31-19-12-9-17(14-20(19)32-4-2)27-23-22(21-6-5-13-33-21)24(29)28(25(23)30)18-10-7-16(15-26)8-11-18/h5-14,27H,3-4H2,1-2H3. The number of thiophene rings is 1. The second-order valence-electron chi connectivity index (χ2n) is 6.98. The van der Waals surface area contributed by atoms with Crippen LogP contribution in [0.25, 0.3) is 5.57 Å². The number of nitrogens with zero attached hydrogens (tertiary/aromatic N) is 2. The normalized spacial score (nSPS) is 13.3. The van der Waals surface area contributed by atoms with Crippen molar-refractivity contribution in [1.82, 2.24) is 0 Å². The number of hydrogen-bond acceptors (Lipinski definition) is 7. The summed E-state index contributed by atoms with van der Waals surface area (Å²) in [6.07, 6.45) is 0. The first-order valence-electron chi connectivity index (χ1n) is 10.4. The molecule has 8 heteroatoms. The van der Waals surface area contributed by atoms with Crippen LogP contribution < -0.4 is 19.7 Å². The smallest absolute Gasteiger partial charge is 0.282 e. The first kappa shape index (κ1) is 22.1. The van der Waals surface area contributed by atoms with Gasteiger partial charge in [0.1, 0.15) is 5.70 Å². The Morgan fingerprint density at radius 2 is 1.70 bits per heavy atom. The fourth-order valence-electron chi connectivity index (χ4n) is 3.49. The maximum absolute atomic E-state index is 13.4. The average Bonchev–Trinajstić information content (AvgIpc) is 3.43. The molecule has 7 nitrogen and oxygen atoms in total. The summed E-state index contributed by atoms with van der Waals surface area (Å²) in [5, 5.41) is 14.0. The molecule has 0 fully saturated rings. The molecule has 0 unspecified atom stereocenters. The van der Waals surface area contributed by atoms with Crippen LogP contribution in [0.4, 0.5) is 11.4 Å². The molecule has 0 spiro atoms. The molecule has 0 radical (unpaired) electrons. The molecule has 0 bridgehead atoms. The third kappa shape index (κ3) is 4.31. The van der Waals surface area contributed by atoms with Gasteiger partial charge < -0.3 is 14.8 Å². The summed E-state index contributed by atoms with van der Waals surface area (Å²) >= 11 is 1.38. The van der Waals surface area contributed by atoms with Gasteiger partial charge in [-0.2, -0.15) is 5.26 Å². The molecule has 1 aliphatic heterocycles. The Labute approximate surface area is 195 Å². The highest BCUT2D eigenvalue weighted by atomic mass is 32.1. The number of amides is 2. The first-order chi connectivity index (χ1) is 16.1. The van der Waals surface area contributed by atoms with E-state index in [2.05, 4.69) is 5.32 Å². The van der Waals surface area contributed by atoms with Crippen LogP contribution in [0, 0.1) is 11.3 Å². The molecule has 0 aliphatic carbocycles. The number of nitrogens with one attached hydrogen (secondary N) is 1. The zero-order valence-corrected chi connectivity index (χ0v) is 18.9. The Morgan fingerprint density at radius 1 is 0.970 bits per heavy atom. The lowest BCUT2D eigenvalue weighted by atomic mass is 10.1. The van der Waals surface area contributed by atoms with Crippen molar-refractivity contribution < 1.29 is 19.1 Å². The maximum atomic E-state index is 13.4. The van der Waals surface area contributed by atoms with Crippen molar-refractivity contribution in [2.45, 2.75) is 13.8 Å². The first-order valence-corrected chi connectivity index (χ1v) is 11.3. The summed E-state index contributed by atoms with van der Waals surface area (Å²) in [6.45, 7) is 4.71. The van der Waals surface area contributed by atoms with E-state index in [1.54, 1.807) is 48.5 Å². The Balaban J connectivity index is 1.74. The van der Waals surface area contributed by atoms with E-state index in [9.17, 15) is 9.59 Å². The zero-order valence-electron chi connectivity index (χ0n) is 18.1. The van der Waals surface area contributed by atoms with E-state index in [1.165, 1.54) is 11.3 Å². The third-order valence-electron chi connectivity index (χ3n) is 4.92. The number of imide groups is 1. The number of carbonyl (C=O) groups is 2. The van der Waals surface area contributed by atoms with Crippen LogP contribution in [-0.2, 0) is 9.59 Å².